The van der Waals surface area contributed by atoms with Crippen molar-refractivity contribution in [2.45, 2.75) is 60.7 Å². The van der Waals surface area contributed by atoms with Gasteiger partial charge in [0, 0.05) is 11.5 Å². The zero-order chi connectivity index (χ0) is 28.9. The van der Waals surface area contributed by atoms with Crippen LogP contribution in [0.1, 0.15) is 30.4 Å². The second-order valence-corrected chi connectivity index (χ2v) is 8.21. The van der Waals surface area contributed by atoms with Gasteiger partial charge in [0.1, 0.15) is 11.4 Å². The van der Waals surface area contributed by atoms with E-state index in [1.54, 1.807) is 0 Å². The summed E-state index contributed by atoms with van der Waals surface area (Å²) < 4.78 is 191. The molecule has 0 spiro atoms. The number of benzene rings is 2. The maximum Gasteiger partial charge on any atom is 0.460 e. The summed E-state index contributed by atoms with van der Waals surface area (Å²) in [5.41, 5.74) is -4.97. The van der Waals surface area contributed by atoms with Gasteiger partial charge in [0.05, 0.1) is 6.42 Å². The lowest BCUT2D eigenvalue weighted by Crippen LogP contribution is -2.70. The van der Waals surface area contributed by atoms with Crippen molar-refractivity contribution < 1.29 is 66.6 Å². The molecule has 0 saturated carbocycles. The zero-order valence-electron chi connectivity index (χ0n) is 18.2. The highest BCUT2D eigenvalue weighted by molar-refractivity contribution is 5.33. The molecule has 0 radical (unpaired) electrons. The van der Waals surface area contributed by atoms with Crippen molar-refractivity contribution >= 4 is 0 Å². The number of hydrogen-bond donors (Lipinski definition) is 1. The van der Waals surface area contributed by atoms with Gasteiger partial charge >= 0.3 is 35.8 Å². The second-order valence-electron chi connectivity index (χ2n) is 8.21. The van der Waals surface area contributed by atoms with Gasteiger partial charge in [-0.3, -0.25) is 0 Å². The minimum Gasteiger partial charge on any atom is -0.384 e. The molecular formula is C22H16F14O. The molecule has 0 aliphatic rings. The van der Waals surface area contributed by atoms with E-state index in [1.165, 1.54) is 18.2 Å². The Hall–Kier alpha value is -2.58. The Bertz CT molecular complexity index is 1080. The number of rotatable bonds is 9. The zero-order valence-corrected chi connectivity index (χ0v) is 18.2. The molecule has 2 aromatic carbocycles. The van der Waals surface area contributed by atoms with Gasteiger partial charge in [0.25, 0.3) is 0 Å². The fraction of sp³-hybridized carbons (Fsp3) is 0.455. The third-order valence-electron chi connectivity index (χ3n) is 5.85. The van der Waals surface area contributed by atoms with Crippen LogP contribution in [0.4, 0.5) is 61.5 Å². The van der Waals surface area contributed by atoms with Crippen LogP contribution in [0, 0.1) is 5.82 Å². The van der Waals surface area contributed by atoms with Gasteiger partial charge in [-0.05, 0) is 11.6 Å². The first-order valence-electron chi connectivity index (χ1n) is 9.97. The van der Waals surface area contributed by atoms with Gasteiger partial charge in [-0.1, -0.05) is 55.5 Å². The van der Waals surface area contributed by atoms with Crippen molar-refractivity contribution in [1.82, 2.24) is 0 Å². The van der Waals surface area contributed by atoms with Crippen molar-refractivity contribution in [3.63, 3.8) is 0 Å². The van der Waals surface area contributed by atoms with Crippen molar-refractivity contribution in [3.05, 3.63) is 71.5 Å². The molecule has 1 N–H and O–H groups in total. The maximum atomic E-state index is 14.7. The summed E-state index contributed by atoms with van der Waals surface area (Å²) in [6.07, 6.45) is -10.5. The van der Waals surface area contributed by atoms with Crippen molar-refractivity contribution in [2.24, 2.45) is 0 Å². The molecule has 2 atom stereocenters. The van der Waals surface area contributed by atoms with Crippen molar-refractivity contribution in [2.75, 3.05) is 0 Å². The van der Waals surface area contributed by atoms with Crippen LogP contribution >= 0.6 is 0 Å². The summed E-state index contributed by atoms with van der Waals surface area (Å²) in [6.45, 7) is 0.848. The highest BCUT2D eigenvalue weighted by Gasteiger charge is 2.90. The Morgan fingerprint density at radius 3 is 1.51 bits per heavy atom. The largest absolute Gasteiger partial charge is 0.460 e. The molecule has 0 amide bonds. The van der Waals surface area contributed by atoms with Crippen LogP contribution < -0.4 is 0 Å². The molecule has 0 aliphatic carbocycles. The molecule has 0 aromatic heterocycles. The standard InChI is InChI=1S/C22H16F14O/c1-12(13-7-3-2-4-8-13)16(37,14-9-5-6-10-15(14)23)11-17(24,25)18(26,27)19(28,29)20(30,31)21(32,33)22(34,35)36/h2-10,12,37H,11H2,1H3. The number of hydrogen-bond acceptors (Lipinski definition) is 1. The van der Waals surface area contributed by atoms with Gasteiger partial charge in [0.2, 0.25) is 0 Å². The Balaban J connectivity index is 2.70. The fourth-order valence-electron chi connectivity index (χ4n) is 3.56. The monoisotopic (exact) mass is 562 g/mol. The predicted octanol–water partition coefficient (Wildman–Crippen LogP) is 7.95. The van der Waals surface area contributed by atoms with Gasteiger partial charge < -0.3 is 5.11 Å². The molecule has 37 heavy (non-hydrogen) atoms. The average molecular weight is 562 g/mol. The Morgan fingerprint density at radius 1 is 0.622 bits per heavy atom. The molecule has 2 aromatic rings. The first kappa shape index (κ1) is 30.6. The Labute approximate surface area is 199 Å². The third kappa shape index (κ3) is 4.74. The molecule has 0 bridgehead atoms. The quantitative estimate of drug-likeness (QED) is 0.308. The minimum absolute atomic E-state index is 0.173. The predicted molar refractivity (Wildman–Crippen MR) is 101 cm³/mol. The number of alkyl halides is 13. The molecule has 208 valence electrons. The van der Waals surface area contributed by atoms with Crippen molar-refractivity contribution in [3.8, 4) is 0 Å². The summed E-state index contributed by atoms with van der Waals surface area (Å²) in [7, 11) is 0. The van der Waals surface area contributed by atoms with Crippen LogP contribution in [0.2, 0.25) is 0 Å². The van der Waals surface area contributed by atoms with E-state index in [0.717, 1.165) is 31.2 Å². The summed E-state index contributed by atoms with van der Waals surface area (Å²) in [4.78, 5) is 0. The number of aliphatic hydroxyl groups is 1. The van der Waals surface area contributed by atoms with Gasteiger partial charge in [-0.2, -0.15) is 57.1 Å². The van der Waals surface area contributed by atoms with E-state index in [0.29, 0.717) is 12.1 Å². The van der Waals surface area contributed by atoms with E-state index in [1.807, 2.05) is 0 Å². The summed E-state index contributed by atoms with van der Waals surface area (Å²) in [5, 5.41) is 11.0. The first-order valence-corrected chi connectivity index (χ1v) is 9.97. The average Bonchev–Trinajstić information content (AvgIpc) is 2.77. The topological polar surface area (TPSA) is 20.2 Å². The molecular weight excluding hydrogens is 546 g/mol. The maximum absolute atomic E-state index is 14.7. The lowest BCUT2D eigenvalue weighted by molar-refractivity contribution is -0.441. The third-order valence-corrected chi connectivity index (χ3v) is 5.85. The summed E-state index contributed by atoms with van der Waals surface area (Å²) in [5.74, 6) is -41.6. The highest BCUT2D eigenvalue weighted by Crippen LogP contribution is 2.62. The lowest BCUT2D eigenvalue weighted by Gasteiger charge is -2.43. The molecule has 1 nitrogen and oxygen atoms in total. The molecule has 0 heterocycles. The van der Waals surface area contributed by atoms with Gasteiger partial charge in [0.15, 0.2) is 0 Å². The highest BCUT2D eigenvalue weighted by atomic mass is 19.4. The van der Waals surface area contributed by atoms with Crippen LogP contribution in [0.3, 0.4) is 0 Å². The van der Waals surface area contributed by atoms with E-state index < -0.39 is 65.1 Å². The molecule has 0 saturated heterocycles. The van der Waals surface area contributed by atoms with E-state index in [9.17, 15) is 66.6 Å². The van der Waals surface area contributed by atoms with Crippen LogP contribution in [0.5, 0.6) is 0 Å². The van der Waals surface area contributed by atoms with E-state index >= 15 is 0 Å². The number of halogens is 14. The molecule has 0 fully saturated rings. The molecule has 15 heteroatoms. The van der Waals surface area contributed by atoms with Gasteiger partial charge in [-0.15, -0.1) is 0 Å². The Morgan fingerprint density at radius 2 is 1.05 bits per heavy atom. The lowest BCUT2D eigenvalue weighted by atomic mass is 9.73. The van der Waals surface area contributed by atoms with E-state index in [-0.39, 0.29) is 5.56 Å². The van der Waals surface area contributed by atoms with E-state index in [2.05, 4.69) is 0 Å². The van der Waals surface area contributed by atoms with Crippen LogP contribution in [-0.2, 0) is 5.60 Å². The van der Waals surface area contributed by atoms with Gasteiger partial charge in [-0.25, -0.2) is 4.39 Å². The van der Waals surface area contributed by atoms with Crippen LogP contribution in [0.25, 0.3) is 0 Å². The van der Waals surface area contributed by atoms with Crippen LogP contribution in [0.15, 0.2) is 54.6 Å². The normalized spacial score (nSPS) is 16.9. The molecule has 0 aliphatic heterocycles. The van der Waals surface area contributed by atoms with E-state index in [4.69, 9.17) is 0 Å². The smallest absolute Gasteiger partial charge is 0.384 e. The minimum atomic E-state index is -8.08. The molecule has 2 unspecified atom stereocenters. The second kappa shape index (κ2) is 9.31. The Kier molecular flexibility index (Phi) is 7.71. The summed E-state index contributed by atoms with van der Waals surface area (Å²) >= 11 is 0. The van der Waals surface area contributed by atoms with Crippen LogP contribution in [-0.4, -0.2) is 40.9 Å². The fourth-order valence-corrected chi connectivity index (χ4v) is 3.56. The summed E-state index contributed by atoms with van der Waals surface area (Å²) in [6, 6.07) is 9.05. The first-order chi connectivity index (χ1) is 16.5. The SMILES string of the molecule is CC(c1ccccc1)C(O)(CC(F)(F)C(F)(F)C(F)(F)C(F)(F)C(F)(F)C(F)(F)F)c1ccccc1F. The van der Waals surface area contributed by atoms with Crippen molar-refractivity contribution in [1.29, 1.82) is 0 Å². The molecule has 2 rings (SSSR count).